The first-order valence-electron chi connectivity index (χ1n) is 9.78. The molecule has 0 spiro atoms. The molecule has 0 saturated carbocycles. The number of nitrogens with one attached hydrogen (secondary N) is 1. The summed E-state index contributed by atoms with van der Waals surface area (Å²) in [5.74, 6) is 3.34. The van der Waals surface area contributed by atoms with E-state index in [4.69, 9.17) is 25.4 Å². The third kappa shape index (κ3) is 5.07. The average molecular weight is 592 g/mol. The van der Waals surface area contributed by atoms with Crippen LogP contribution >= 0.6 is 34.4 Å². The van der Waals surface area contributed by atoms with Crippen LogP contribution < -0.4 is 24.3 Å². The van der Waals surface area contributed by atoms with E-state index in [1.165, 1.54) is 7.11 Å². The second-order valence-electron chi connectivity index (χ2n) is 6.91. The lowest BCUT2D eigenvalue weighted by Crippen LogP contribution is -2.36. The molecule has 0 radical (unpaired) electrons. The fourth-order valence-electron chi connectivity index (χ4n) is 3.18. The summed E-state index contributed by atoms with van der Waals surface area (Å²) >= 11 is 2.83. The van der Waals surface area contributed by atoms with Crippen molar-refractivity contribution in [3.05, 3.63) is 44.4 Å². The highest BCUT2D eigenvalue weighted by Crippen LogP contribution is 2.37. The van der Waals surface area contributed by atoms with Crippen molar-refractivity contribution in [2.45, 2.75) is 0 Å². The Labute approximate surface area is 212 Å². The first-order chi connectivity index (χ1) is 16.4. The number of terminal acetylenes is 1. The summed E-state index contributed by atoms with van der Waals surface area (Å²) in [5.41, 5.74) is 1.09. The number of nitrogens with zero attached hydrogens (tertiary/aromatic N) is 1. The molecule has 174 valence electrons. The fraction of sp³-hybridized carbons (Fsp3) is 0.174. The van der Waals surface area contributed by atoms with Crippen LogP contribution in [0.25, 0.3) is 6.08 Å². The number of benzene rings is 2. The van der Waals surface area contributed by atoms with Crippen LogP contribution in [0.5, 0.6) is 23.0 Å². The van der Waals surface area contributed by atoms with Gasteiger partial charge in [-0.3, -0.25) is 19.3 Å². The molecule has 1 fully saturated rings. The fourth-order valence-corrected chi connectivity index (χ4v) is 4.80. The molecule has 34 heavy (non-hydrogen) atoms. The minimum atomic E-state index is -0.558. The maximum Gasteiger partial charge on any atom is 0.294 e. The number of ether oxygens (including phenoxy) is 4. The Morgan fingerprint density at radius 3 is 2.85 bits per heavy atom. The zero-order chi connectivity index (χ0) is 24.2. The Morgan fingerprint density at radius 1 is 1.29 bits per heavy atom. The summed E-state index contributed by atoms with van der Waals surface area (Å²) in [6, 6.07) is 8.37. The maximum atomic E-state index is 12.8. The van der Waals surface area contributed by atoms with Gasteiger partial charge >= 0.3 is 0 Å². The van der Waals surface area contributed by atoms with Crippen molar-refractivity contribution < 1.29 is 33.3 Å². The number of carbonyl (C=O) groups excluding carboxylic acids is 3. The molecule has 2 aliphatic rings. The van der Waals surface area contributed by atoms with E-state index in [1.54, 1.807) is 36.4 Å². The Hall–Kier alpha value is -3.37. The smallest absolute Gasteiger partial charge is 0.294 e. The topological polar surface area (TPSA) is 103 Å². The van der Waals surface area contributed by atoms with Gasteiger partial charge in [-0.2, -0.15) is 0 Å². The molecule has 11 heteroatoms. The van der Waals surface area contributed by atoms with Gasteiger partial charge in [-0.05, 0) is 70.3 Å². The van der Waals surface area contributed by atoms with Crippen LogP contribution in [0.15, 0.2) is 35.2 Å². The van der Waals surface area contributed by atoms with Gasteiger partial charge in [0.2, 0.25) is 12.7 Å². The van der Waals surface area contributed by atoms with E-state index >= 15 is 0 Å². The monoisotopic (exact) mass is 592 g/mol. The van der Waals surface area contributed by atoms with Gasteiger partial charge < -0.3 is 24.3 Å². The van der Waals surface area contributed by atoms with Crippen molar-refractivity contribution in [1.29, 1.82) is 0 Å². The van der Waals surface area contributed by atoms with Gasteiger partial charge in [-0.15, -0.1) is 6.42 Å². The molecule has 1 N–H and O–H groups in total. The van der Waals surface area contributed by atoms with Crippen molar-refractivity contribution in [2.75, 3.05) is 32.4 Å². The lowest BCUT2D eigenvalue weighted by molar-refractivity contribution is -0.127. The van der Waals surface area contributed by atoms with E-state index in [0.717, 1.165) is 20.2 Å². The second-order valence-corrected chi connectivity index (χ2v) is 9.07. The van der Waals surface area contributed by atoms with Crippen LogP contribution in [-0.2, 0) is 9.59 Å². The molecule has 0 aromatic heterocycles. The molecular weight excluding hydrogens is 575 g/mol. The molecule has 0 atom stereocenters. The Balaban J connectivity index is 1.46. The molecule has 2 aromatic carbocycles. The summed E-state index contributed by atoms with van der Waals surface area (Å²) in [5, 5.41) is 2.12. The molecule has 0 aliphatic carbocycles. The molecule has 2 aliphatic heterocycles. The molecule has 9 nitrogen and oxygen atoms in total. The lowest BCUT2D eigenvalue weighted by Gasteiger charge is -2.13. The van der Waals surface area contributed by atoms with E-state index < -0.39 is 23.6 Å². The molecule has 1 saturated heterocycles. The normalized spacial score (nSPS) is 15.4. The number of fused-ring (bicyclic) bond motifs is 1. The molecular formula is C23H17IN2O7S. The minimum Gasteiger partial charge on any atom is -0.493 e. The molecule has 0 unspecified atom stereocenters. The minimum absolute atomic E-state index is 0.0823. The number of halogens is 1. The van der Waals surface area contributed by atoms with Crippen LogP contribution in [0.4, 0.5) is 10.5 Å². The van der Waals surface area contributed by atoms with Crippen molar-refractivity contribution in [1.82, 2.24) is 4.90 Å². The second kappa shape index (κ2) is 10.3. The number of hydrogen-bond acceptors (Lipinski definition) is 8. The third-order valence-electron chi connectivity index (χ3n) is 4.68. The van der Waals surface area contributed by atoms with Crippen LogP contribution in [0.3, 0.4) is 0 Å². The van der Waals surface area contributed by atoms with E-state index in [1.807, 2.05) is 0 Å². The Morgan fingerprint density at radius 2 is 2.09 bits per heavy atom. The van der Waals surface area contributed by atoms with Gasteiger partial charge in [0.1, 0.15) is 13.2 Å². The van der Waals surface area contributed by atoms with Crippen molar-refractivity contribution in [3.63, 3.8) is 0 Å². The number of carbonyl (C=O) groups is 3. The Bertz CT molecular complexity index is 1250. The predicted octanol–water partition coefficient (Wildman–Crippen LogP) is 3.72. The van der Waals surface area contributed by atoms with Crippen LogP contribution in [0, 0.1) is 15.9 Å². The van der Waals surface area contributed by atoms with E-state index in [0.29, 0.717) is 34.2 Å². The number of anilines is 1. The summed E-state index contributed by atoms with van der Waals surface area (Å²) in [7, 11) is 1.49. The SMILES string of the molecule is C#CCOc1c(I)cc(/C=C2/SC(=O)N(CC(=O)Nc3ccc4c(c3)OCO4)C2=O)cc1OC. The highest BCUT2D eigenvalue weighted by molar-refractivity contribution is 14.1. The lowest BCUT2D eigenvalue weighted by atomic mass is 10.2. The standard InChI is InChI=1S/C23H17IN2O7S/c1-3-6-31-21-15(24)7-13(8-18(21)30-2)9-19-22(28)26(23(29)34-19)11-20(27)25-14-4-5-16-17(10-14)33-12-32-16/h1,4-5,7-10H,6,11-12H2,2H3,(H,25,27)/b19-9+. The zero-order valence-electron chi connectivity index (χ0n) is 17.8. The predicted molar refractivity (Wildman–Crippen MR) is 134 cm³/mol. The van der Waals surface area contributed by atoms with Crippen molar-refractivity contribution in [2.24, 2.45) is 0 Å². The number of thioether (sulfide) groups is 1. The van der Waals surface area contributed by atoms with Gasteiger partial charge in [-0.25, -0.2) is 0 Å². The number of imide groups is 1. The van der Waals surface area contributed by atoms with Gasteiger partial charge in [0.25, 0.3) is 11.1 Å². The van der Waals surface area contributed by atoms with Crippen molar-refractivity contribution >= 4 is 63.2 Å². The van der Waals surface area contributed by atoms with Crippen molar-refractivity contribution in [3.8, 4) is 35.3 Å². The highest BCUT2D eigenvalue weighted by Gasteiger charge is 2.36. The average Bonchev–Trinajstić information content (AvgIpc) is 3.37. The molecule has 3 amide bonds. The first-order valence-corrected chi connectivity index (χ1v) is 11.7. The van der Waals surface area contributed by atoms with Gasteiger partial charge in [-0.1, -0.05) is 5.92 Å². The summed E-state index contributed by atoms with van der Waals surface area (Å²) in [6.45, 7) is -0.226. The molecule has 2 heterocycles. The van der Waals surface area contributed by atoms with E-state index in [9.17, 15) is 14.4 Å². The van der Waals surface area contributed by atoms with Crippen LogP contribution in [0.1, 0.15) is 5.56 Å². The number of amides is 3. The van der Waals surface area contributed by atoms with Crippen LogP contribution in [-0.4, -0.2) is 49.0 Å². The van der Waals surface area contributed by atoms with Gasteiger partial charge in [0.05, 0.1) is 15.6 Å². The number of hydrogen-bond donors (Lipinski definition) is 1. The van der Waals surface area contributed by atoms with E-state index in [-0.39, 0.29) is 18.3 Å². The highest BCUT2D eigenvalue weighted by atomic mass is 127. The molecule has 2 aromatic rings. The number of methoxy groups -OCH3 is 1. The first kappa shape index (κ1) is 23.8. The van der Waals surface area contributed by atoms with E-state index in [2.05, 4.69) is 33.8 Å². The van der Waals surface area contributed by atoms with Gasteiger partial charge in [0, 0.05) is 11.8 Å². The zero-order valence-corrected chi connectivity index (χ0v) is 20.7. The Kier molecular flexibility index (Phi) is 7.18. The third-order valence-corrected chi connectivity index (χ3v) is 6.39. The molecule has 0 bridgehead atoms. The largest absolute Gasteiger partial charge is 0.493 e. The molecule has 4 rings (SSSR count). The maximum absolute atomic E-state index is 12.8. The summed E-state index contributed by atoms with van der Waals surface area (Å²) < 4.78 is 22.1. The van der Waals surface area contributed by atoms with Gasteiger partial charge in [0.15, 0.2) is 23.0 Å². The summed E-state index contributed by atoms with van der Waals surface area (Å²) in [6.07, 6.45) is 6.82. The quantitative estimate of drug-likeness (QED) is 0.295. The number of rotatable bonds is 7. The summed E-state index contributed by atoms with van der Waals surface area (Å²) in [4.78, 5) is 38.8. The van der Waals surface area contributed by atoms with Crippen LogP contribution in [0.2, 0.25) is 0 Å².